The number of benzene rings is 1. The Bertz CT molecular complexity index is 573. The van der Waals surface area contributed by atoms with E-state index in [-0.39, 0.29) is 19.0 Å². The second-order valence-corrected chi connectivity index (χ2v) is 4.85. The summed E-state index contributed by atoms with van der Waals surface area (Å²) in [6, 6.07) is 5.35. The maximum atomic E-state index is 12.8. The lowest BCUT2D eigenvalue weighted by molar-refractivity contribution is -0.143. The minimum atomic E-state index is -0.812. The van der Waals surface area contributed by atoms with Crippen LogP contribution < -0.4 is 0 Å². The molecule has 0 N–H and O–H groups in total. The Balaban J connectivity index is 2.01. The van der Waals surface area contributed by atoms with Crippen molar-refractivity contribution in [3.05, 3.63) is 35.6 Å². The van der Waals surface area contributed by atoms with Crippen molar-refractivity contribution in [2.24, 2.45) is 0 Å². The summed E-state index contributed by atoms with van der Waals surface area (Å²) in [5, 5.41) is 0. The predicted octanol–water partition coefficient (Wildman–Crippen LogP) is 1.03. The van der Waals surface area contributed by atoms with Crippen LogP contribution in [-0.4, -0.2) is 52.8 Å². The molecule has 0 atom stereocenters. The standard InChI is InChI=1S/C14H16FN3O3/c1-3-17-12(19)13(20)18(14(17)21)9-16(2)8-10-4-6-11(15)7-5-10/h4-7H,3,8-9H2,1-2H3. The number of hydrogen-bond acceptors (Lipinski definition) is 4. The molecule has 0 radical (unpaired) electrons. The molecule has 1 saturated heterocycles. The molecule has 1 aliphatic heterocycles. The van der Waals surface area contributed by atoms with Gasteiger partial charge in [-0.3, -0.25) is 19.4 Å². The van der Waals surface area contributed by atoms with Crippen molar-refractivity contribution >= 4 is 17.8 Å². The van der Waals surface area contributed by atoms with Gasteiger partial charge in [-0.2, -0.15) is 0 Å². The van der Waals surface area contributed by atoms with Gasteiger partial charge in [-0.1, -0.05) is 12.1 Å². The molecule has 0 saturated carbocycles. The number of likely N-dealkylation sites (N-methyl/N-ethyl adjacent to an activating group) is 1. The number of urea groups is 1. The average molecular weight is 293 g/mol. The summed E-state index contributed by atoms with van der Waals surface area (Å²) in [7, 11) is 1.71. The second-order valence-electron chi connectivity index (χ2n) is 4.85. The molecule has 0 spiro atoms. The van der Waals surface area contributed by atoms with E-state index in [1.54, 1.807) is 31.0 Å². The maximum Gasteiger partial charge on any atom is 0.335 e. The van der Waals surface area contributed by atoms with E-state index in [4.69, 9.17) is 0 Å². The van der Waals surface area contributed by atoms with Gasteiger partial charge in [-0.15, -0.1) is 0 Å². The van der Waals surface area contributed by atoms with E-state index in [0.29, 0.717) is 6.54 Å². The molecule has 0 unspecified atom stereocenters. The Kier molecular flexibility index (Phi) is 4.32. The number of carbonyl (C=O) groups is 3. The number of carbonyl (C=O) groups excluding carboxylic acids is 3. The largest absolute Gasteiger partial charge is 0.335 e. The third-order valence-corrected chi connectivity index (χ3v) is 3.20. The SMILES string of the molecule is CCN1C(=O)C(=O)N(CN(C)Cc2ccc(F)cc2)C1=O. The molecule has 2 rings (SSSR count). The number of nitrogens with zero attached hydrogens (tertiary/aromatic N) is 3. The molecule has 0 bridgehead atoms. The van der Waals surface area contributed by atoms with Gasteiger partial charge in [-0.05, 0) is 31.7 Å². The first kappa shape index (κ1) is 15.1. The highest BCUT2D eigenvalue weighted by Gasteiger charge is 2.43. The number of imide groups is 2. The van der Waals surface area contributed by atoms with Crippen LogP contribution in [0.1, 0.15) is 12.5 Å². The van der Waals surface area contributed by atoms with Crippen molar-refractivity contribution in [2.45, 2.75) is 13.5 Å². The van der Waals surface area contributed by atoms with Crippen LogP contribution >= 0.6 is 0 Å². The zero-order valence-electron chi connectivity index (χ0n) is 11.9. The summed E-state index contributed by atoms with van der Waals surface area (Å²) in [6.45, 7) is 2.24. The quantitative estimate of drug-likeness (QED) is 0.601. The van der Waals surface area contributed by atoms with Gasteiger partial charge in [0.2, 0.25) is 0 Å². The Morgan fingerprint density at radius 3 is 2.14 bits per heavy atom. The van der Waals surface area contributed by atoms with Crippen LogP contribution in [0, 0.1) is 5.82 Å². The van der Waals surface area contributed by atoms with E-state index in [2.05, 4.69) is 0 Å². The van der Waals surface area contributed by atoms with Crippen LogP contribution in [0.25, 0.3) is 0 Å². The summed E-state index contributed by atoms with van der Waals surface area (Å²) in [4.78, 5) is 38.8. The van der Waals surface area contributed by atoms with Gasteiger partial charge in [0.05, 0.1) is 6.67 Å². The van der Waals surface area contributed by atoms with Gasteiger partial charge in [0.25, 0.3) is 0 Å². The van der Waals surface area contributed by atoms with Crippen molar-refractivity contribution < 1.29 is 18.8 Å². The monoisotopic (exact) mass is 293 g/mol. The Hall–Kier alpha value is -2.28. The molecule has 112 valence electrons. The lowest BCUT2D eigenvalue weighted by Crippen LogP contribution is -2.40. The number of amides is 4. The lowest BCUT2D eigenvalue weighted by atomic mass is 10.2. The topological polar surface area (TPSA) is 60.9 Å². The van der Waals surface area contributed by atoms with Gasteiger partial charge in [0, 0.05) is 13.1 Å². The highest BCUT2D eigenvalue weighted by molar-refractivity contribution is 6.44. The minimum Gasteiger partial charge on any atom is -0.284 e. The van der Waals surface area contributed by atoms with Gasteiger partial charge >= 0.3 is 17.8 Å². The van der Waals surface area contributed by atoms with Crippen LogP contribution in [0.4, 0.5) is 9.18 Å². The van der Waals surface area contributed by atoms with Crippen LogP contribution in [0.5, 0.6) is 0 Å². The molecular formula is C14H16FN3O3. The van der Waals surface area contributed by atoms with Crippen molar-refractivity contribution in [3.8, 4) is 0 Å². The van der Waals surface area contributed by atoms with Gasteiger partial charge in [0.1, 0.15) is 5.82 Å². The van der Waals surface area contributed by atoms with Gasteiger partial charge < -0.3 is 0 Å². The molecule has 1 aliphatic rings. The second kappa shape index (κ2) is 6.01. The zero-order valence-corrected chi connectivity index (χ0v) is 11.9. The summed E-state index contributed by atoms with van der Waals surface area (Å²) in [5.74, 6) is -1.93. The van der Waals surface area contributed by atoms with Crippen molar-refractivity contribution in [2.75, 3.05) is 20.3 Å². The Morgan fingerprint density at radius 1 is 1.05 bits per heavy atom. The van der Waals surface area contributed by atoms with E-state index in [9.17, 15) is 18.8 Å². The summed E-state index contributed by atoms with van der Waals surface area (Å²) in [6.07, 6.45) is 0. The predicted molar refractivity (Wildman–Crippen MR) is 72.4 cm³/mol. The molecule has 7 heteroatoms. The molecule has 4 amide bonds. The minimum absolute atomic E-state index is 0.0112. The van der Waals surface area contributed by atoms with Crippen molar-refractivity contribution in [3.63, 3.8) is 0 Å². The summed E-state index contributed by atoms with van der Waals surface area (Å²) >= 11 is 0. The Morgan fingerprint density at radius 2 is 1.62 bits per heavy atom. The molecule has 1 aromatic rings. The molecule has 1 aromatic carbocycles. The molecule has 0 aliphatic carbocycles. The van der Waals surface area contributed by atoms with E-state index in [0.717, 1.165) is 15.4 Å². The zero-order chi connectivity index (χ0) is 15.6. The maximum absolute atomic E-state index is 12.8. The number of halogens is 1. The first-order valence-electron chi connectivity index (χ1n) is 6.54. The fraction of sp³-hybridized carbons (Fsp3) is 0.357. The molecule has 1 fully saturated rings. The third-order valence-electron chi connectivity index (χ3n) is 3.20. The molecular weight excluding hydrogens is 277 g/mol. The number of hydrogen-bond donors (Lipinski definition) is 0. The van der Waals surface area contributed by atoms with E-state index >= 15 is 0 Å². The number of rotatable bonds is 5. The molecule has 0 aromatic heterocycles. The van der Waals surface area contributed by atoms with E-state index in [1.165, 1.54) is 12.1 Å². The fourth-order valence-electron chi connectivity index (χ4n) is 2.15. The van der Waals surface area contributed by atoms with E-state index < -0.39 is 17.8 Å². The van der Waals surface area contributed by atoms with Gasteiger partial charge in [-0.25, -0.2) is 14.1 Å². The Labute approximate surface area is 121 Å². The van der Waals surface area contributed by atoms with Crippen molar-refractivity contribution in [1.82, 2.24) is 14.7 Å². The molecule has 6 nitrogen and oxygen atoms in total. The molecule has 21 heavy (non-hydrogen) atoms. The first-order valence-corrected chi connectivity index (χ1v) is 6.54. The van der Waals surface area contributed by atoms with Crippen LogP contribution in [-0.2, 0) is 16.1 Å². The highest BCUT2D eigenvalue weighted by atomic mass is 19.1. The van der Waals surface area contributed by atoms with Crippen LogP contribution in [0.15, 0.2) is 24.3 Å². The smallest absolute Gasteiger partial charge is 0.284 e. The highest BCUT2D eigenvalue weighted by Crippen LogP contribution is 2.13. The summed E-state index contributed by atoms with van der Waals surface area (Å²) < 4.78 is 12.8. The van der Waals surface area contributed by atoms with Crippen LogP contribution in [0.2, 0.25) is 0 Å². The van der Waals surface area contributed by atoms with Crippen molar-refractivity contribution in [1.29, 1.82) is 0 Å². The lowest BCUT2D eigenvalue weighted by Gasteiger charge is -2.22. The molecule has 1 heterocycles. The van der Waals surface area contributed by atoms with E-state index in [1.807, 2.05) is 0 Å². The first-order chi connectivity index (χ1) is 9.93. The third kappa shape index (κ3) is 3.08. The van der Waals surface area contributed by atoms with Crippen LogP contribution in [0.3, 0.4) is 0 Å². The summed E-state index contributed by atoms with van der Waals surface area (Å²) in [5.41, 5.74) is 0.844. The average Bonchev–Trinajstić information content (AvgIpc) is 2.65. The fourth-order valence-corrected chi connectivity index (χ4v) is 2.15. The van der Waals surface area contributed by atoms with Gasteiger partial charge in [0.15, 0.2) is 0 Å². The normalized spacial score (nSPS) is 15.5.